The minimum Gasteiger partial charge on any atom is -0.508 e. The zero-order valence-electron chi connectivity index (χ0n) is 10.1. The monoisotopic (exact) mass is 236 g/mol. The molecular formula is C12H16N2O3. The third-order valence-electron chi connectivity index (χ3n) is 2.50. The molecule has 0 fully saturated rings. The number of primary amides is 1. The summed E-state index contributed by atoms with van der Waals surface area (Å²) in [6.45, 7) is 4.74. The van der Waals surface area contributed by atoms with Gasteiger partial charge in [-0.25, -0.2) is 0 Å². The fourth-order valence-electron chi connectivity index (χ4n) is 1.21. The van der Waals surface area contributed by atoms with Crippen molar-refractivity contribution in [2.24, 2.45) is 5.73 Å². The Morgan fingerprint density at radius 3 is 2.41 bits per heavy atom. The van der Waals surface area contributed by atoms with Crippen LogP contribution in [-0.4, -0.2) is 22.5 Å². The lowest BCUT2D eigenvalue weighted by Gasteiger charge is -2.22. The minimum absolute atomic E-state index is 0.121. The number of hydrogen-bond acceptors (Lipinski definition) is 3. The normalized spacial score (nSPS) is 11.0. The summed E-state index contributed by atoms with van der Waals surface area (Å²) >= 11 is 0. The summed E-state index contributed by atoms with van der Waals surface area (Å²) in [5.74, 6) is -0.894. The van der Waals surface area contributed by atoms with E-state index in [1.165, 1.54) is 26.0 Å². The number of hydrogen-bond donors (Lipinski definition) is 3. The topological polar surface area (TPSA) is 92.4 Å². The maximum absolute atomic E-state index is 11.8. The van der Waals surface area contributed by atoms with Crippen molar-refractivity contribution < 1.29 is 14.7 Å². The predicted molar refractivity (Wildman–Crippen MR) is 63.6 cm³/mol. The molecule has 1 aromatic carbocycles. The summed E-state index contributed by atoms with van der Waals surface area (Å²) in [5, 5.41) is 11.9. The number of aromatic hydroxyl groups is 1. The van der Waals surface area contributed by atoms with Crippen LogP contribution >= 0.6 is 0 Å². The van der Waals surface area contributed by atoms with Crippen LogP contribution in [0.4, 0.5) is 0 Å². The van der Waals surface area contributed by atoms with E-state index < -0.39 is 17.4 Å². The smallest absolute Gasteiger partial charge is 0.252 e. The van der Waals surface area contributed by atoms with Crippen molar-refractivity contribution in [1.29, 1.82) is 0 Å². The van der Waals surface area contributed by atoms with Crippen molar-refractivity contribution in [2.45, 2.75) is 26.3 Å². The molecule has 0 saturated heterocycles. The van der Waals surface area contributed by atoms with Crippen LogP contribution < -0.4 is 11.1 Å². The van der Waals surface area contributed by atoms with E-state index in [-0.39, 0.29) is 5.75 Å². The Kier molecular flexibility index (Phi) is 3.41. The lowest BCUT2D eigenvalue weighted by Crippen LogP contribution is -2.53. The summed E-state index contributed by atoms with van der Waals surface area (Å²) in [7, 11) is 0. The molecular weight excluding hydrogens is 220 g/mol. The Balaban J connectivity index is 2.91. The molecule has 5 nitrogen and oxygen atoms in total. The molecule has 0 radical (unpaired) electrons. The second-order valence-electron chi connectivity index (χ2n) is 4.44. The number of amides is 2. The molecule has 5 heteroatoms. The predicted octanol–water partition coefficient (Wildman–Crippen LogP) is 0.694. The number of rotatable bonds is 3. The second-order valence-corrected chi connectivity index (χ2v) is 4.44. The Morgan fingerprint density at radius 2 is 1.94 bits per heavy atom. The maximum Gasteiger partial charge on any atom is 0.252 e. The van der Waals surface area contributed by atoms with Crippen LogP contribution in [-0.2, 0) is 4.79 Å². The van der Waals surface area contributed by atoms with Gasteiger partial charge in [0.05, 0.1) is 0 Å². The van der Waals surface area contributed by atoms with Crippen LogP contribution in [0.3, 0.4) is 0 Å². The Hall–Kier alpha value is -2.04. The van der Waals surface area contributed by atoms with Gasteiger partial charge in [-0.1, -0.05) is 0 Å². The number of carbonyl (C=O) groups is 2. The quantitative estimate of drug-likeness (QED) is 0.721. The number of carbonyl (C=O) groups excluding carboxylic acids is 2. The summed E-state index contributed by atoms with van der Waals surface area (Å²) in [6, 6.07) is 4.46. The van der Waals surface area contributed by atoms with Gasteiger partial charge in [-0.05, 0) is 44.5 Å². The lowest BCUT2D eigenvalue weighted by atomic mass is 10.0. The van der Waals surface area contributed by atoms with Gasteiger partial charge in [0.15, 0.2) is 0 Å². The third-order valence-corrected chi connectivity index (χ3v) is 2.50. The van der Waals surface area contributed by atoms with Crippen LogP contribution in [0.1, 0.15) is 29.8 Å². The molecule has 2 amide bonds. The molecule has 0 aliphatic heterocycles. The molecule has 92 valence electrons. The van der Waals surface area contributed by atoms with Gasteiger partial charge in [-0.2, -0.15) is 0 Å². The average molecular weight is 236 g/mol. The van der Waals surface area contributed by atoms with E-state index in [0.717, 1.165) is 0 Å². The highest BCUT2D eigenvalue weighted by Crippen LogP contribution is 2.17. The first kappa shape index (κ1) is 13.0. The van der Waals surface area contributed by atoms with E-state index >= 15 is 0 Å². The highest BCUT2D eigenvalue weighted by molar-refractivity contribution is 5.98. The molecule has 0 bridgehead atoms. The number of phenolic OH excluding ortho intramolecular Hbond substituents is 1. The molecule has 17 heavy (non-hydrogen) atoms. The van der Waals surface area contributed by atoms with E-state index in [9.17, 15) is 14.7 Å². The summed E-state index contributed by atoms with van der Waals surface area (Å²) in [6.07, 6.45) is 0. The molecule has 0 aromatic heterocycles. The highest BCUT2D eigenvalue weighted by atomic mass is 16.3. The molecule has 0 spiro atoms. The van der Waals surface area contributed by atoms with Crippen molar-refractivity contribution in [3.05, 3.63) is 29.3 Å². The number of benzene rings is 1. The number of nitrogens with two attached hydrogens (primary N) is 1. The third kappa shape index (κ3) is 2.96. The average Bonchev–Trinajstić information content (AvgIpc) is 2.21. The van der Waals surface area contributed by atoms with Crippen LogP contribution in [0.2, 0.25) is 0 Å². The van der Waals surface area contributed by atoms with Crippen LogP contribution in [0, 0.1) is 6.92 Å². The maximum atomic E-state index is 11.8. The SMILES string of the molecule is Cc1cc(C(=O)NC(C)(C)C(N)=O)ccc1O. The van der Waals surface area contributed by atoms with Gasteiger partial charge in [0.1, 0.15) is 11.3 Å². The number of phenols is 1. The minimum atomic E-state index is -1.11. The molecule has 0 aliphatic carbocycles. The van der Waals surface area contributed by atoms with E-state index in [4.69, 9.17) is 5.73 Å². The van der Waals surface area contributed by atoms with Gasteiger partial charge in [-0.3, -0.25) is 9.59 Å². The number of aryl methyl sites for hydroxylation is 1. The van der Waals surface area contributed by atoms with Crippen molar-refractivity contribution in [2.75, 3.05) is 0 Å². The standard InChI is InChI=1S/C12H16N2O3/c1-7-6-8(4-5-9(7)15)10(16)14-12(2,3)11(13)17/h4-6,15H,1-3H3,(H2,13,17)(H,14,16). The van der Waals surface area contributed by atoms with Crippen LogP contribution in [0.25, 0.3) is 0 Å². The van der Waals surface area contributed by atoms with Crippen molar-refractivity contribution in [3.8, 4) is 5.75 Å². The highest BCUT2D eigenvalue weighted by Gasteiger charge is 2.27. The Labute approximate surface area is 99.6 Å². The van der Waals surface area contributed by atoms with Crippen molar-refractivity contribution >= 4 is 11.8 Å². The first-order chi connectivity index (χ1) is 7.74. The molecule has 0 unspecified atom stereocenters. The van der Waals surface area contributed by atoms with Crippen LogP contribution in [0.5, 0.6) is 5.75 Å². The van der Waals surface area contributed by atoms with Gasteiger partial charge in [-0.15, -0.1) is 0 Å². The molecule has 4 N–H and O–H groups in total. The molecule has 0 atom stereocenters. The van der Waals surface area contributed by atoms with Crippen molar-refractivity contribution in [3.63, 3.8) is 0 Å². The van der Waals surface area contributed by atoms with E-state index in [1.54, 1.807) is 13.0 Å². The first-order valence-corrected chi connectivity index (χ1v) is 5.16. The molecule has 0 heterocycles. The lowest BCUT2D eigenvalue weighted by molar-refractivity contribution is -0.122. The zero-order valence-corrected chi connectivity index (χ0v) is 10.1. The van der Waals surface area contributed by atoms with Gasteiger partial charge in [0.25, 0.3) is 5.91 Å². The molecule has 1 aromatic rings. The van der Waals surface area contributed by atoms with Crippen LogP contribution in [0.15, 0.2) is 18.2 Å². The van der Waals surface area contributed by atoms with E-state index in [0.29, 0.717) is 11.1 Å². The largest absolute Gasteiger partial charge is 0.508 e. The Morgan fingerprint density at radius 1 is 1.35 bits per heavy atom. The van der Waals surface area contributed by atoms with Gasteiger partial charge < -0.3 is 16.2 Å². The zero-order chi connectivity index (χ0) is 13.2. The van der Waals surface area contributed by atoms with E-state index in [2.05, 4.69) is 5.32 Å². The summed E-state index contributed by atoms with van der Waals surface area (Å²) < 4.78 is 0. The summed E-state index contributed by atoms with van der Waals surface area (Å²) in [4.78, 5) is 22.9. The summed E-state index contributed by atoms with van der Waals surface area (Å²) in [5.41, 5.74) is 5.01. The van der Waals surface area contributed by atoms with Crippen molar-refractivity contribution in [1.82, 2.24) is 5.32 Å². The second kappa shape index (κ2) is 4.45. The van der Waals surface area contributed by atoms with Gasteiger partial charge >= 0.3 is 0 Å². The van der Waals surface area contributed by atoms with Gasteiger partial charge in [0, 0.05) is 5.56 Å². The fraction of sp³-hybridized carbons (Fsp3) is 0.333. The molecule has 0 saturated carbocycles. The molecule has 1 rings (SSSR count). The fourth-order valence-corrected chi connectivity index (χ4v) is 1.21. The van der Waals surface area contributed by atoms with E-state index in [1.807, 2.05) is 0 Å². The molecule has 0 aliphatic rings. The van der Waals surface area contributed by atoms with Gasteiger partial charge in [0.2, 0.25) is 5.91 Å². The first-order valence-electron chi connectivity index (χ1n) is 5.16. The Bertz CT molecular complexity index is 467. The number of nitrogens with one attached hydrogen (secondary N) is 1.